The summed E-state index contributed by atoms with van der Waals surface area (Å²) in [5.41, 5.74) is 0.854. The first-order valence-electron chi connectivity index (χ1n) is 7.24. The highest BCUT2D eigenvalue weighted by molar-refractivity contribution is 7.17. The lowest BCUT2D eigenvalue weighted by Gasteiger charge is -2.26. The molecule has 2 rings (SSSR count). The molecule has 2 aromatic rings. The highest BCUT2D eigenvalue weighted by atomic mass is 32.1. The highest BCUT2D eigenvalue weighted by Crippen LogP contribution is 2.27. The van der Waals surface area contributed by atoms with Crippen LogP contribution in [0.4, 0.5) is 0 Å². The van der Waals surface area contributed by atoms with Crippen LogP contribution >= 0.6 is 11.3 Å². The molecule has 0 N–H and O–H groups in total. The first kappa shape index (κ1) is 15.0. The van der Waals surface area contributed by atoms with Crippen molar-refractivity contribution in [1.29, 1.82) is 0 Å². The van der Waals surface area contributed by atoms with Crippen LogP contribution in [0.25, 0.3) is 10.1 Å². The molecule has 2 nitrogen and oxygen atoms in total. The average molecular weight is 289 g/mol. The number of fused-ring (bicyclic) bond motifs is 1. The number of hydrogen-bond acceptors (Lipinski definition) is 2. The van der Waals surface area contributed by atoms with Crippen molar-refractivity contribution in [1.82, 2.24) is 4.90 Å². The Hall–Kier alpha value is -1.35. The summed E-state index contributed by atoms with van der Waals surface area (Å²) >= 11 is 1.65. The number of nitrogens with zero attached hydrogens (tertiary/aromatic N) is 1. The van der Waals surface area contributed by atoms with E-state index in [0.717, 1.165) is 24.0 Å². The Labute approximate surface area is 125 Å². The monoisotopic (exact) mass is 289 g/mol. The standard InChI is InChI=1S/C17H23NOS/c1-12(2)9-18(10-13(3)4)17(19)15-11-20-16-8-6-5-7-14(15)16/h5-8,11-13H,9-10H2,1-4H3. The normalized spacial score (nSPS) is 11.5. The van der Waals surface area contributed by atoms with Gasteiger partial charge in [0.25, 0.3) is 5.91 Å². The van der Waals surface area contributed by atoms with Crippen LogP contribution < -0.4 is 0 Å². The minimum atomic E-state index is 0.171. The van der Waals surface area contributed by atoms with E-state index in [9.17, 15) is 4.79 Å². The van der Waals surface area contributed by atoms with Gasteiger partial charge < -0.3 is 4.90 Å². The molecule has 0 saturated heterocycles. The number of carbonyl (C=O) groups excluding carboxylic acids is 1. The lowest BCUT2D eigenvalue weighted by Crippen LogP contribution is -2.36. The van der Waals surface area contributed by atoms with Crippen LogP contribution in [0, 0.1) is 11.8 Å². The van der Waals surface area contributed by atoms with E-state index < -0.39 is 0 Å². The van der Waals surface area contributed by atoms with Gasteiger partial charge in [0.2, 0.25) is 0 Å². The topological polar surface area (TPSA) is 20.3 Å². The molecule has 1 aromatic carbocycles. The lowest BCUT2D eigenvalue weighted by molar-refractivity contribution is 0.0717. The third kappa shape index (κ3) is 3.40. The average Bonchev–Trinajstić information content (AvgIpc) is 2.79. The Kier molecular flexibility index (Phi) is 4.81. The third-order valence-electron chi connectivity index (χ3n) is 3.17. The van der Waals surface area contributed by atoms with Gasteiger partial charge in [0.05, 0.1) is 5.56 Å². The summed E-state index contributed by atoms with van der Waals surface area (Å²) in [6.07, 6.45) is 0. The van der Waals surface area contributed by atoms with Gasteiger partial charge in [-0.1, -0.05) is 45.9 Å². The van der Waals surface area contributed by atoms with Gasteiger partial charge in [-0.3, -0.25) is 4.79 Å². The first-order valence-corrected chi connectivity index (χ1v) is 8.12. The van der Waals surface area contributed by atoms with Gasteiger partial charge in [-0.25, -0.2) is 0 Å². The van der Waals surface area contributed by atoms with Gasteiger partial charge in [-0.2, -0.15) is 0 Å². The number of thiophene rings is 1. The van der Waals surface area contributed by atoms with E-state index in [2.05, 4.69) is 33.8 Å². The number of hydrogen-bond donors (Lipinski definition) is 0. The summed E-state index contributed by atoms with van der Waals surface area (Å²) < 4.78 is 1.19. The zero-order valence-corrected chi connectivity index (χ0v) is 13.5. The SMILES string of the molecule is CC(C)CN(CC(C)C)C(=O)c1csc2ccccc12. The van der Waals surface area contributed by atoms with E-state index in [1.165, 1.54) is 4.70 Å². The molecule has 0 bridgehead atoms. The molecule has 1 aromatic heterocycles. The van der Waals surface area contributed by atoms with Crippen LogP contribution in [0.1, 0.15) is 38.1 Å². The molecule has 108 valence electrons. The van der Waals surface area contributed by atoms with Gasteiger partial charge in [-0.15, -0.1) is 11.3 Å². The molecule has 0 radical (unpaired) electrons. The number of benzene rings is 1. The van der Waals surface area contributed by atoms with Crippen LogP contribution in [0.3, 0.4) is 0 Å². The van der Waals surface area contributed by atoms with Crippen molar-refractivity contribution in [3.05, 3.63) is 35.2 Å². The van der Waals surface area contributed by atoms with Gasteiger partial charge in [0.15, 0.2) is 0 Å². The fourth-order valence-electron chi connectivity index (χ4n) is 2.44. The van der Waals surface area contributed by atoms with Crippen molar-refractivity contribution >= 4 is 27.3 Å². The highest BCUT2D eigenvalue weighted by Gasteiger charge is 2.20. The minimum absolute atomic E-state index is 0.171. The van der Waals surface area contributed by atoms with Gasteiger partial charge >= 0.3 is 0 Å². The van der Waals surface area contributed by atoms with Crippen molar-refractivity contribution in [2.45, 2.75) is 27.7 Å². The van der Waals surface area contributed by atoms with Crippen LogP contribution in [0.5, 0.6) is 0 Å². The van der Waals surface area contributed by atoms with Crippen LogP contribution in [-0.2, 0) is 0 Å². The molecule has 0 saturated carbocycles. The predicted molar refractivity (Wildman–Crippen MR) is 87.4 cm³/mol. The summed E-state index contributed by atoms with van der Waals surface area (Å²) in [5.74, 6) is 1.15. The molecule has 0 atom stereocenters. The second kappa shape index (κ2) is 6.40. The fourth-order valence-corrected chi connectivity index (χ4v) is 3.37. The lowest BCUT2D eigenvalue weighted by atomic mass is 10.1. The smallest absolute Gasteiger partial charge is 0.255 e. The van der Waals surface area contributed by atoms with Crippen LogP contribution in [0.15, 0.2) is 29.6 Å². The van der Waals surface area contributed by atoms with Gasteiger partial charge in [-0.05, 0) is 17.9 Å². The first-order chi connectivity index (χ1) is 9.49. The molecule has 0 aliphatic carbocycles. The van der Waals surface area contributed by atoms with Crippen molar-refractivity contribution in [3.63, 3.8) is 0 Å². The zero-order chi connectivity index (χ0) is 14.7. The summed E-state index contributed by atoms with van der Waals surface area (Å²) in [7, 11) is 0. The van der Waals surface area contributed by atoms with Gasteiger partial charge in [0.1, 0.15) is 0 Å². The predicted octanol–water partition coefficient (Wildman–Crippen LogP) is 4.66. The minimum Gasteiger partial charge on any atom is -0.338 e. The summed E-state index contributed by atoms with van der Waals surface area (Å²) in [6, 6.07) is 8.14. The molecule has 0 unspecified atom stereocenters. The number of rotatable bonds is 5. The third-order valence-corrected chi connectivity index (χ3v) is 4.13. The summed E-state index contributed by atoms with van der Waals surface area (Å²) in [4.78, 5) is 14.8. The largest absolute Gasteiger partial charge is 0.338 e. The number of carbonyl (C=O) groups is 1. The summed E-state index contributed by atoms with van der Waals surface area (Å²) in [5, 5.41) is 3.08. The molecular formula is C17H23NOS. The maximum Gasteiger partial charge on any atom is 0.255 e. The Morgan fingerprint density at radius 2 is 1.70 bits per heavy atom. The van der Waals surface area contributed by atoms with Crippen LogP contribution in [-0.4, -0.2) is 23.9 Å². The van der Waals surface area contributed by atoms with Gasteiger partial charge in [0, 0.05) is 28.6 Å². The van der Waals surface area contributed by atoms with E-state index in [-0.39, 0.29) is 5.91 Å². The summed E-state index contributed by atoms with van der Waals surface area (Å²) in [6.45, 7) is 10.3. The molecule has 1 heterocycles. The molecule has 0 aliphatic heterocycles. The fraction of sp³-hybridized carbons (Fsp3) is 0.471. The molecule has 3 heteroatoms. The molecule has 1 amide bonds. The molecule has 20 heavy (non-hydrogen) atoms. The Bertz CT molecular complexity index is 575. The molecule has 0 spiro atoms. The maximum atomic E-state index is 12.8. The van der Waals surface area contributed by atoms with Crippen molar-refractivity contribution in [3.8, 4) is 0 Å². The second-order valence-corrected chi connectivity index (χ2v) is 7.05. The Morgan fingerprint density at radius 1 is 1.10 bits per heavy atom. The molecule has 0 aliphatic rings. The quantitative estimate of drug-likeness (QED) is 0.784. The molecular weight excluding hydrogens is 266 g/mol. The zero-order valence-electron chi connectivity index (χ0n) is 12.7. The van der Waals surface area contributed by atoms with E-state index in [1.54, 1.807) is 11.3 Å². The van der Waals surface area contributed by atoms with Crippen LogP contribution in [0.2, 0.25) is 0 Å². The van der Waals surface area contributed by atoms with E-state index >= 15 is 0 Å². The Balaban J connectivity index is 2.30. The van der Waals surface area contributed by atoms with Crippen molar-refractivity contribution < 1.29 is 4.79 Å². The van der Waals surface area contributed by atoms with E-state index in [1.807, 2.05) is 28.5 Å². The maximum absolute atomic E-state index is 12.8. The van der Waals surface area contributed by atoms with E-state index in [0.29, 0.717) is 11.8 Å². The van der Waals surface area contributed by atoms with E-state index in [4.69, 9.17) is 0 Å². The second-order valence-electron chi connectivity index (χ2n) is 6.14. The Morgan fingerprint density at radius 3 is 2.30 bits per heavy atom. The molecule has 0 fully saturated rings. The van der Waals surface area contributed by atoms with Crippen molar-refractivity contribution in [2.75, 3.05) is 13.1 Å². The van der Waals surface area contributed by atoms with Crippen molar-refractivity contribution in [2.24, 2.45) is 11.8 Å². The number of amides is 1.